The number of allylic oxidation sites excluding steroid dienone is 24. The molecule has 380 valence electrons. The summed E-state index contributed by atoms with van der Waals surface area (Å²) in [6.45, 7) is 6.28. The smallest absolute Gasteiger partial charge is 0.306 e. The molecule has 0 aromatic carbocycles. The highest BCUT2D eigenvalue weighted by molar-refractivity contribution is 5.71. The van der Waals surface area contributed by atoms with E-state index in [0.717, 1.165) is 116 Å². The molecular weight excluding hydrogens is 841 g/mol. The Labute approximate surface area is 417 Å². The van der Waals surface area contributed by atoms with Gasteiger partial charge in [0.2, 0.25) is 0 Å². The van der Waals surface area contributed by atoms with Gasteiger partial charge >= 0.3 is 17.9 Å². The van der Waals surface area contributed by atoms with Gasteiger partial charge in [-0.1, -0.05) is 224 Å². The lowest BCUT2D eigenvalue weighted by atomic mass is 10.1. The maximum absolute atomic E-state index is 12.8. The Morgan fingerprint density at radius 3 is 1.09 bits per heavy atom. The second kappa shape index (κ2) is 54.9. The summed E-state index contributed by atoms with van der Waals surface area (Å²) < 4.78 is 16.7. The van der Waals surface area contributed by atoms with Crippen molar-refractivity contribution in [1.82, 2.24) is 0 Å². The highest BCUT2D eigenvalue weighted by Gasteiger charge is 2.19. The molecule has 6 heteroatoms. The molecule has 0 aliphatic rings. The average molecular weight is 937 g/mol. The minimum absolute atomic E-state index is 0.121. The van der Waals surface area contributed by atoms with E-state index in [1.54, 1.807) is 0 Å². The Bertz CT molecular complexity index is 1540. The molecule has 6 nitrogen and oxygen atoms in total. The van der Waals surface area contributed by atoms with Crippen LogP contribution in [0.15, 0.2) is 146 Å². The number of esters is 3. The van der Waals surface area contributed by atoms with Gasteiger partial charge in [0, 0.05) is 19.3 Å². The van der Waals surface area contributed by atoms with E-state index in [1.165, 1.54) is 44.9 Å². The molecule has 0 aliphatic carbocycles. The van der Waals surface area contributed by atoms with Gasteiger partial charge in [0.25, 0.3) is 0 Å². The van der Waals surface area contributed by atoms with Crippen molar-refractivity contribution < 1.29 is 28.6 Å². The summed E-state index contributed by atoms with van der Waals surface area (Å²) in [6.07, 6.45) is 78.3. The number of carbonyl (C=O) groups is 3. The van der Waals surface area contributed by atoms with Gasteiger partial charge in [-0.05, 0) is 109 Å². The molecule has 0 saturated carbocycles. The normalized spacial score (nSPS) is 13.3. The summed E-state index contributed by atoms with van der Waals surface area (Å²) in [4.78, 5) is 38.1. The molecular formula is C62H96O6. The summed E-state index contributed by atoms with van der Waals surface area (Å²) in [6, 6.07) is 0. The van der Waals surface area contributed by atoms with Crippen LogP contribution in [0.5, 0.6) is 0 Å². The first-order valence-electron chi connectivity index (χ1n) is 26.9. The molecule has 0 rings (SSSR count). The van der Waals surface area contributed by atoms with E-state index in [-0.39, 0.29) is 37.5 Å². The van der Waals surface area contributed by atoms with Crippen molar-refractivity contribution in [3.05, 3.63) is 146 Å². The van der Waals surface area contributed by atoms with E-state index in [9.17, 15) is 14.4 Å². The van der Waals surface area contributed by atoms with E-state index in [0.29, 0.717) is 19.3 Å². The first kappa shape index (κ1) is 63.3. The zero-order chi connectivity index (χ0) is 49.3. The number of hydrogen-bond donors (Lipinski definition) is 0. The van der Waals surface area contributed by atoms with Gasteiger partial charge in [0.1, 0.15) is 13.2 Å². The lowest BCUT2D eigenvalue weighted by Gasteiger charge is -2.18. The first-order chi connectivity index (χ1) is 33.5. The van der Waals surface area contributed by atoms with Crippen LogP contribution in [0, 0.1) is 0 Å². The van der Waals surface area contributed by atoms with Crippen molar-refractivity contribution in [2.75, 3.05) is 13.2 Å². The first-order valence-corrected chi connectivity index (χ1v) is 26.9. The zero-order valence-corrected chi connectivity index (χ0v) is 43.3. The molecule has 0 N–H and O–H groups in total. The third kappa shape index (κ3) is 52.3. The van der Waals surface area contributed by atoms with Gasteiger partial charge in [0.05, 0.1) is 0 Å². The highest BCUT2D eigenvalue weighted by atomic mass is 16.6. The predicted octanol–water partition coefficient (Wildman–Crippen LogP) is 18.0. The summed E-state index contributed by atoms with van der Waals surface area (Å²) >= 11 is 0. The fourth-order valence-corrected chi connectivity index (χ4v) is 6.73. The fourth-order valence-electron chi connectivity index (χ4n) is 6.73. The predicted molar refractivity (Wildman–Crippen MR) is 292 cm³/mol. The molecule has 0 fully saturated rings. The van der Waals surface area contributed by atoms with Gasteiger partial charge < -0.3 is 14.2 Å². The minimum Gasteiger partial charge on any atom is -0.462 e. The lowest BCUT2D eigenvalue weighted by Crippen LogP contribution is -2.30. The maximum Gasteiger partial charge on any atom is 0.306 e. The van der Waals surface area contributed by atoms with Crippen molar-refractivity contribution in [2.45, 2.75) is 213 Å². The van der Waals surface area contributed by atoms with Crippen molar-refractivity contribution in [3.8, 4) is 0 Å². The highest BCUT2D eigenvalue weighted by Crippen LogP contribution is 2.12. The third-order valence-corrected chi connectivity index (χ3v) is 10.7. The molecule has 68 heavy (non-hydrogen) atoms. The molecule has 0 saturated heterocycles. The van der Waals surface area contributed by atoms with Crippen molar-refractivity contribution in [1.29, 1.82) is 0 Å². The van der Waals surface area contributed by atoms with E-state index in [1.807, 2.05) is 60.8 Å². The fraction of sp³-hybridized carbons (Fsp3) is 0.565. The van der Waals surface area contributed by atoms with Crippen LogP contribution in [0.1, 0.15) is 207 Å². The molecule has 0 spiro atoms. The summed E-state index contributed by atoms with van der Waals surface area (Å²) in [7, 11) is 0. The molecule has 0 heterocycles. The van der Waals surface area contributed by atoms with Crippen LogP contribution >= 0.6 is 0 Å². The maximum atomic E-state index is 12.8. The van der Waals surface area contributed by atoms with E-state index >= 15 is 0 Å². The van der Waals surface area contributed by atoms with Crippen molar-refractivity contribution in [3.63, 3.8) is 0 Å². The van der Waals surface area contributed by atoms with Crippen LogP contribution in [0.25, 0.3) is 0 Å². The monoisotopic (exact) mass is 937 g/mol. The standard InChI is InChI=1S/C62H96O6/c1-4-7-10-13-16-19-22-25-28-30-31-33-34-37-40-43-46-49-52-55-61(64)67-58-59(57-66-60(63)54-51-48-45-42-39-36-27-24-21-18-15-12-9-6-3)68-62(65)56-53-50-47-44-41-38-35-32-29-26-23-20-17-14-11-8-5-2/h7-8,10-11,14,16-17,19-20,23,25-26,28-29,31-33,35-41,59H,4-6,9,12-13,15,18,21-22,24,27,30,34,42-58H2,1-3H3/b10-7-,11-8-,17-14-,19-16-,23-20-,28-25-,29-26-,33-31-,35-32+,39-36-,40-37-,41-38-. The second-order valence-corrected chi connectivity index (χ2v) is 17.2. The van der Waals surface area contributed by atoms with E-state index < -0.39 is 6.10 Å². The van der Waals surface area contributed by atoms with Crippen LogP contribution < -0.4 is 0 Å². The average Bonchev–Trinajstić information content (AvgIpc) is 3.34. The minimum atomic E-state index is -0.828. The van der Waals surface area contributed by atoms with E-state index in [4.69, 9.17) is 14.2 Å². The van der Waals surface area contributed by atoms with Gasteiger partial charge in [-0.3, -0.25) is 14.4 Å². The van der Waals surface area contributed by atoms with Crippen LogP contribution in [0.4, 0.5) is 0 Å². The number of unbranched alkanes of at least 4 members (excludes halogenated alkanes) is 16. The van der Waals surface area contributed by atoms with Crippen LogP contribution in [-0.2, 0) is 28.6 Å². The van der Waals surface area contributed by atoms with Crippen LogP contribution in [0.2, 0.25) is 0 Å². The molecule has 1 unspecified atom stereocenters. The number of ether oxygens (including phenoxy) is 3. The Morgan fingerprint density at radius 1 is 0.324 bits per heavy atom. The summed E-state index contributed by atoms with van der Waals surface area (Å²) in [5.74, 6) is -1.02. The van der Waals surface area contributed by atoms with Gasteiger partial charge in [-0.25, -0.2) is 0 Å². The summed E-state index contributed by atoms with van der Waals surface area (Å²) in [5.41, 5.74) is 0. The largest absolute Gasteiger partial charge is 0.462 e. The molecule has 0 amide bonds. The number of carbonyl (C=O) groups excluding carboxylic acids is 3. The van der Waals surface area contributed by atoms with Crippen molar-refractivity contribution in [2.24, 2.45) is 0 Å². The van der Waals surface area contributed by atoms with Gasteiger partial charge in [-0.2, -0.15) is 0 Å². The number of rotatable bonds is 46. The Morgan fingerprint density at radius 2 is 0.647 bits per heavy atom. The second-order valence-electron chi connectivity index (χ2n) is 17.2. The Hall–Kier alpha value is -4.71. The lowest BCUT2D eigenvalue weighted by molar-refractivity contribution is -0.167. The third-order valence-electron chi connectivity index (χ3n) is 10.7. The molecule has 0 aromatic heterocycles. The summed E-state index contributed by atoms with van der Waals surface area (Å²) in [5, 5.41) is 0. The van der Waals surface area contributed by atoms with E-state index in [2.05, 4.69) is 106 Å². The zero-order valence-electron chi connectivity index (χ0n) is 43.3. The molecule has 1 atom stereocenters. The number of hydrogen-bond acceptors (Lipinski definition) is 6. The molecule has 0 bridgehead atoms. The Kier molecular flexibility index (Phi) is 51.1. The van der Waals surface area contributed by atoms with Gasteiger partial charge in [0.15, 0.2) is 6.10 Å². The van der Waals surface area contributed by atoms with Gasteiger partial charge in [-0.15, -0.1) is 0 Å². The SMILES string of the molecule is CC\C=C/C=C\C=C/C=C\C=C\C=C/CCCCCC(=O)OC(COC(=O)CCCCC/C=C\C/C=C\C/C=C\C/C=C\C/C=C\CC)COC(=O)CCCCC/C=C\CCCCCCCCC. The molecule has 0 radical (unpaired) electrons. The van der Waals surface area contributed by atoms with Crippen LogP contribution in [0.3, 0.4) is 0 Å². The molecule has 0 aromatic rings. The van der Waals surface area contributed by atoms with Crippen molar-refractivity contribution >= 4 is 17.9 Å². The molecule has 0 aliphatic heterocycles. The Balaban J connectivity index is 4.59. The quantitative estimate of drug-likeness (QED) is 0.0199. The van der Waals surface area contributed by atoms with Crippen LogP contribution in [-0.4, -0.2) is 37.2 Å². The topological polar surface area (TPSA) is 78.9 Å².